The first kappa shape index (κ1) is 19.0. The number of nitrogens with one attached hydrogen (secondary N) is 2. The normalized spacial score (nSPS) is 16.7. The second-order valence-corrected chi connectivity index (χ2v) is 7.00. The van der Waals surface area contributed by atoms with Gasteiger partial charge in [0.15, 0.2) is 0 Å². The van der Waals surface area contributed by atoms with Crippen molar-refractivity contribution in [3.05, 3.63) is 46.3 Å². The quantitative estimate of drug-likeness (QED) is 0.778. The van der Waals surface area contributed by atoms with Crippen molar-refractivity contribution in [2.24, 2.45) is 0 Å². The first-order chi connectivity index (χ1) is 12.9. The van der Waals surface area contributed by atoms with Gasteiger partial charge >= 0.3 is 6.03 Å². The second kappa shape index (κ2) is 8.26. The van der Waals surface area contributed by atoms with Gasteiger partial charge in [-0.1, -0.05) is 0 Å². The predicted octanol–water partition coefficient (Wildman–Crippen LogP) is 0.845. The number of H-pyrrole nitrogens is 1. The molecule has 2 N–H and O–H groups in total. The van der Waals surface area contributed by atoms with Gasteiger partial charge in [-0.25, -0.2) is 9.78 Å². The van der Waals surface area contributed by atoms with Crippen LogP contribution in [0.1, 0.15) is 17.9 Å². The molecule has 0 radical (unpaired) electrons. The summed E-state index contributed by atoms with van der Waals surface area (Å²) in [5, 5.41) is 2.87. The number of carbonyl (C=O) groups excluding carboxylic acids is 1. The lowest BCUT2D eigenvalue weighted by Crippen LogP contribution is -2.41. The number of furan rings is 1. The topological polar surface area (TPSA) is 97.7 Å². The lowest BCUT2D eigenvalue weighted by Gasteiger charge is -2.24. The number of hydrogen-bond donors (Lipinski definition) is 2. The summed E-state index contributed by atoms with van der Waals surface area (Å²) in [6.07, 6.45) is 2.47. The third kappa shape index (κ3) is 4.88. The molecule has 1 fully saturated rings. The van der Waals surface area contributed by atoms with Gasteiger partial charge in [-0.15, -0.1) is 0 Å². The molecule has 0 unspecified atom stereocenters. The highest BCUT2D eigenvalue weighted by atomic mass is 16.3. The van der Waals surface area contributed by atoms with Gasteiger partial charge < -0.3 is 19.5 Å². The third-order valence-electron chi connectivity index (χ3n) is 4.69. The van der Waals surface area contributed by atoms with Crippen LogP contribution in [0, 0.1) is 0 Å². The summed E-state index contributed by atoms with van der Waals surface area (Å²) in [5.74, 6) is 1.27. The average Bonchev–Trinajstić information content (AvgIpc) is 3.31. The summed E-state index contributed by atoms with van der Waals surface area (Å²) in [5.41, 5.74) is 0.549. The number of likely N-dealkylation sites (N-methyl/N-ethyl adjacent to an activating group) is 1. The zero-order valence-electron chi connectivity index (χ0n) is 15.9. The number of urea groups is 1. The van der Waals surface area contributed by atoms with Gasteiger partial charge in [-0.05, 0) is 25.6 Å². The molecule has 3 rings (SSSR count). The fourth-order valence-electron chi connectivity index (χ4n) is 3.15. The molecule has 0 saturated carbocycles. The number of aromatic nitrogens is 2. The zero-order chi connectivity index (χ0) is 19.4. The van der Waals surface area contributed by atoms with E-state index in [4.69, 9.17) is 4.42 Å². The van der Waals surface area contributed by atoms with Crippen molar-refractivity contribution < 1.29 is 9.21 Å². The monoisotopic (exact) mass is 374 g/mol. The molecule has 1 saturated heterocycles. The Kier molecular flexibility index (Phi) is 5.80. The van der Waals surface area contributed by atoms with Crippen molar-refractivity contribution in [3.8, 4) is 0 Å². The van der Waals surface area contributed by atoms with Crippen LogP contribution in [0.4, 0.5) is 10.7 Å². The molecule has 0 aromatic carbocycles. The van der Waals surface area contributed by atoms with E-state index in [-0.39, 0.29) is 17.6 Å². The highest BCUT2D eigenvalue weighted by Crippen LogP contribution is 2.16. The summed E-state index contributed by atoms with van der Waals surface area (Å²) >= 11 is 0. The minimum Gasteiger partial charge on any atom is -0.467 e. The number of hydrogen-bond acceptors (Lipinski definition) is 6. The van der Waals surface area contributed by atoms with E-state index in [1.165, 1.54) is 6.07 Å². The fraction of sp³-hybridized carbons (Fsp3) is 0.500. The Morgan fingerprint density at radius 2 is 2.26 bits per heavy atom. The zero-order valence-corrected chi connectivity index (χ0v) is 15.9. The molecule has 3 heterocycles. The number of amides is 2. The molecule has 2 amide bonds. The molecular weight excluding hydrogens is 348 g/mol. The number of rotatable bonds is 6. The Bertz CT molecular complexity index is 817. The Morgan fingerprint density at radius 1 is 1.44 bits per heavy atom. The summed E-state index contributed by atoms with van der Waals surface area (Å²) in [6, 6.07) is 5.28. The fourth-order valence-corrected chi connectivity index (χ4v) is 3.15. The number of aromatic amines is 1. The Balaban J connectivity index is 1.53. The standard InChI is InChI=1S/C18H26N6O3/c1-22(2)17-20-13(9-16(25)21-17)11-23(3)14-6-7-24(12-14)18(26)19-10-15-5-4-8-27-15/h4-5,8-9,14H,6-7,10-12H2,1-3H3,(H,19,26)(H,20,21,25)/t14-/m0/s1. The molecule has 146 valence electrons. The van der Waals surface area contributed by atoms with Crippen LogP contribution in [0.5, 0.6) is 0 Å². The second-order valence-electron chi connectivity index (χ2n) is 7.00. The highest BCUT2D eigenvalue weighted by Gasteiger charge is 2.29. The maximum atomic E-state index is 12.3. The summed E-state index contributed by atoms with van der Waals surface area (Å²) in [4.78, 5) is 37.0. The summed E-state index contributed by atoms with van der Waals surface area (Å²) < 4.78 is 5.23. The van der Waals surface area contributed by atoms with Gasteiger partial charge in [0.2, 0.25) is 5.95 Å². The van der Waals surface area contributed by atoms with Gasteiger partial charge in [0.1, 0.15) is 5.76 Å². The smallest absolute Gasteiger partial charge is 0.317 e. The van der Waals surface area contributed by atoms with Gasteiger partial charge in [0.25, 0.3) is 5.56 Å². The van der Waals surface area contributed by atoms with Crippen LogP contribution in [0.15, 0.2) is 33.7 Å². The van der Waals surface area contributed by atoms with Crippen LogP contribution in [-0.4, -0.2) is 66.1 Å². The minimum absolute atomic E-state index is 0.0912. The van der Waals surface area contributed by atoms with Crippen molar-refractivity contribution in [3.63, 3.8) is 0 Å². The molecule has 1 aliphatic rings. The highest BCUT2D eigenvalue weighted by molar-refractivity contribution is 5.74. The van der Waals surface area contributed by atoms with E-state index in [1.807, 2.05) is 27.2 Å². The maximum Gasteiger partial charge on any atom is 0.317 e. The molecule has 27 heavy (non-hydrogen) atoms. The number of likely N-dealkylation sites (tertiary alicyclic amines) is 1. The molecule has 2 aromatic heterocycles. The van der Waals surface area contributed by atoms with E-state index in [1.54, 1.807) is 22.1 Å². The predicted molar refractivity (Wildman–Crippen MR) is 102 cm³/mol. The summed E-state index contributed by atoms with van der Waals surface area (Å²) in [7, 11) is 5.66. The van der Waals surface area contributed by atoms with Gasteiger partial charge in [-0.3, -0.25) is 14.7 Å². The van der Waals surface area contributed by atoms with Crippen LogP contribution >= 0.6 is 0 Å². The molecule has 9 heteroatoms. The Morgan fingerprint density at radius 3 is 2.96 bits per heavy atom. The van der Waals surface area contributed by atoms with Crippen molar-refractivity contribution >= 4 is 12.0 Å². The average molecular weight is 374 g/mol. The maximum absolute atomic E-state index is 12.3. The van der Waals surface area contributed by atoms with Gasteiger partial charge in [0.05, 0.1) is 18.5 Å². The lowest BCUT2D eigenvalue weighted by atomic mass is 10.2. The van der Waals surface area contributed by atoms with Gasteiger partial charge in [-0.2, -0.15) is 0 Å². The minimum atomic E-state index is -0.164. The molecule has 0 aliphatic carbocycles. The molecule has 1 atom stereocenters. The largest absolute Gasteiger partial charge is 0.467 e. The van der Waals surface area contributed by atoms with E-state index >= 15 is 0 Å². The molecule has 0 bridgehead atoms. The van der Waals surface area contributed by atoms with E-state index in [0.717, 1.165) is 12.2 Å². The Hall–Kier alpha value is -2.81. The number of nitrogens with zero attached hydrogens (tertiary/aromatic N) is 4. The van der Waals surface area contributed by atoms with Crippen molar-refractivity contribution in [1.82, 2.24) is 25.1 Å². The van der Waals surface area contributed by atoms with Crippen LogP contribution in [0.25, 0.3) is 0 Å². The van der Waals surface area contributed by atoms with Crippen LogP contribution in [-0.2, 0) is 13.1 Å². The number of anilines is 1. The SMILES string of the molecule is CN(C)c1nc(CN(C)[C@H]2CCN(C(=O)NCc3ccco3)C2)cc(=O)[nH]1. The van der Waals surface area contributed by atoms with Crippen LogP contribution in [0.3, 0.4) is 0 Å². The molecule has 2 aromatic rings. The van der Waals surface area contributed by atoms with E-state index in [2.05, 4.69) is 20.2 Å². The van der Waals surface area contributed by atoms with Crippen molar-refractivity contribution in [2.45, 2.75) is 25.6 Å². The lowest BCUT2D eigenvalue weighted by molar-refractivity contribution is 0.195. The first-order valence-electron chi connectivity index (χ1n) is 8.95. The van der Waals surface area contributed by atoms with Crippen molar-refractivity contribution in [1.29, 1.82) is 0 Å². The summed E-state index contributed by atoms with van der Waals surface area (Å²) in [6.45, 7) is 2.28. The Labute approximate surface area is 158 Å². The van der Waals surface area contributed by atoms with Crippen LogP contribution < -0.4 is 15.8 Å². The van der Waals surface area contributed by atoms with E-state index in [9.17, 15) is 9.59 Å². The van der Waals surface area contributed by atoms with E-state index in [0.29, 0.717) is 37.8 Å². The van der Waals surface area contributed by atoms with Crippen LogP contribution in [0.2, 0.25) is 0 Å². The van der Waals surface area contributed by atoms with Gasteiger partial charge in [0, 0.05) is 45.8 Å². The first-order valence-corrected chi connectivity index (χ1v) is 8.95. The molecular formula is C18H26N6O3. The molecule has 9 nitrogen and oxygen atoms in total. The van der Waals surface area contributed by atoms with Crippen molar-refractivity contribution in [2.75, 3.05) is 39.1 Å². The van der Waals surface area contributed by atoms with E-state index < -0.39 is 0 Å². The molecule has 0 spiro atoms. The third-order valence-corrected chi connectivity index (χ3v) is 4.69. The number of carbonyl (C=O) groups is 1. The molecule has 1 aliphatic heterocycles.